The fraction of sp³-hybridized carbons (Fsp3) is 0.278. The third-order valence-electron chi connectivity index (χ3n) is 6.75. The van der Waals surface area contributed by atoms with E-state index in [9.17, 15) is 14.8 Å². The van der Waals surface area contributed by atoms with Gasteiger partial charge in [0, 0.05) is 35.4 Å². The first-order valence-corrected chi connectivity index (χ1v) is 16.9. The van der Waals surface area contributed by atoms with E-state index in [0.29, 0.717) is 81.9 Å². The van der Waals surface area contributed by atoms with Crippen LogP contribution in [0, 0.1) is 27.9 Å². The quantitative estimate of drug-likeness (QED) is 0.0580. The van der Waals surface area contributed by atoms with Crippen LogP contribution in [0.15, 0.2) is 73.1 Å². The molecular weight excluding hydrogens is 723 g/mol. The average molecular weight is 764 g/mol. The summed E-state index contributed by atoms with van der Waals surface area (Å²) < 4.78 is 11.0. The van der Waals surface area contributed by atoms with Crippen LogP contribution in [0.1, 0.15) is 24.0 Å². The van der Waals surface area contributed by atoms with Crippen LogP contribution in [0.2, 0.25) is 10.0 Å². The molecule has 0 aliphatic carbocycles. The van der Waals surface area contributed by atoms with Crippen molar-refractivity contribution < 1.29 is 23.7 Å². The van der Waals surface area contributed by atoms with Gasteiger partial charge >= 0.3 is 12.1 Å². The molecule has 0 bridgehead atoms. The molecule has 0 radical (unpaired) electrons. The van der Waals surface area contributed by atoms with E-state index in [4.69, 9.17) is 43.2 Å². The summed E-state index contributed by atoms with van der Waals surface area (Å²) in [5, 5.41) is 40.5. The molecular formula is C36H40Cl2N10O5. The van der Waals surface area contributed by atoms with Crippen LogP contribution in [-0.4, -0.2) is 86.1 Å². The SMILES string of the molecule is CN(C)CCCOc1ccc(Cl)cc1NC(=O)Nc1ccc(C#N)cn1.C[N+](C)([O-])CCCOc1ccc(Cl)cc1NC(=O)Nc1ccc(C#N)cn1. The van der Waals surface area contributed by atoms with Crippen LogP contribution in [0.5, 0.6) is 11.5 Å². The number of hydrogen-bond acceptors (Lipinski definition) is 10. The van der Waals surface area contributed by atoms with Gasteiger partial charge < -0.3 is 34.9 Å². The Bertz CT molecular complexity index is 1890. The van der Waals surface area contributed by atoms with Gasteiger partial charge in [0.25, 0.3) is 0 Å². The van der Waals surface area contributed by atoms with Crippen LogP contribution in [-0.2, 0) is 0 Å². The van der Waals surface area contributed by atoms with Crippen molar-refractivity contribution in [3.05, 3.63) is 99.4 Å². The number of halogens is 2. The second kappa shape index (κ2) is 21.0. The topological polar surface area (TPSA) is 200 Å². The predicted molar refractivity (Wildman–Crippen MR) is 205 cm³/mol. The Kier molecular flexibility index (Phi) is 16.5. The summed E-state index contributed by atoms with van der Waals surface area (Å²) in [5.41, 5.74) is 1.67. The van der Waals surface area contributed by atoms with Crippen LogP contribution < -0.4 is 30.7 Å². The van der Waals surface area contributed by atoms with Crippen molar-refractivity contribution in [3.8, 4) is 23.6 Å². The predicted octanol–water partition coefficient (Wildman–Crippen LogP) is 7.17. The lowest BCUT2D eigenvalue weighted by Crippen LogP contribution is -2.33. The number of nitriles is 2. The molecule has 0 unspecified atom stereocenters. The number of urea groups is 2. The zero-order valence-corrected chi connectivity index (χ0v) is 31.2. The number of hydrogen-bond donors (Lipinski definition) is 4. The zero-order chi connectivity index (χ0) is 38.8. The fourth-order valence-corrected chi connectivity index (χ4v) is 4.59. The van der Waals surface area contributed by atoms with Gasteiger partial charge in [-0.1, -0.05) is 23.2 Å². The molecule has 0 spiro atoms. The number of benzene rings is 2. The second-order valence-electron chi connectivity index (χ2n) is 12.0. The highest BCUT2D eigenvalue weighted by atomic mass is 35.5. The molecule has 4 aromatic rings. The lowest BCUT2D eigenvalue weighted by Gasteiger charge is -2.33. The number of anilines is 4. The van der Waals surface area contributed by atoms with E-state index in [0.717, 1.165) is 13.0 Å². The minimum Gasteiger partial charge on any atom is -0.633 e. The molecule has 0 atom stereocenters. The number of aromatic nitrogens is 2. The van der Waals surface area contributed by atoms with E-state index < -0.39 is 16.7 Å². The van der Waals surface area contributed by atoms with E-state index >= 15 is 0 Å². The van der Waals surface area contributed by atoms with Crippen molar-refractivity contribution in [2.45, 2.75) is 12.8 Å². The molecule has 0 aliphatic rings. The molecule has 0 saturated heterocycles. The van der Waals surface area contributed by atoms with Crippen molar-refractivity contribution >= 4 is 58.3 Å². The number of nitrogens with one attached hydrogen (secondary N) is 4. The Hall–Kier alpha value is -5.68. The maximum absolute atomic E-state index is 12.2. The molecule has 278 valence electrons. The summed E-state index contributed by atoms with van der Waals surface area (Å²) in [7, 11) is 7.13. The van der Waals surface area contributed by atoms with Gasteiger partial charge in [0.1, 0.15) is 35.3 Å². The highest BCUT2D eigenvalue weighted by molar-refractivity contribution is 6.31. The molecule has 0 fully saturated rings. The lowest BCUT2D eigenvalue weighted by molar-refractivity contribution is -0.840. The van der Waals surface area contributed by atoms with Crippen molar-refractivity contribution in [2.24, 2.45) is 0 Å². The number of ether oxygens (including phenoxy) is 2. The Labute approximate surface area is 318 Å². The smallest absolute Gasteiger partial charge is 0.324 e. The third-order valence-corrected chi connectivity index (χ3v) is 7.22. The van der Waals surface area contributed by atoms with Gasteiger partial charge in [-0.25, -0.2) is 19.6 Å². The van der Waals surface area contributed by atoms with Crippen LogP contribution >= 0.6 is 23.2 Å². The largest absolute Gasteiger partial charge is 0.633 e. The van der Waals surface area contributed by atoms with E-state index in [-0.39, 0.29) is 0 Å². The first-order chi connectivity index (χ1) is 25.2. The molecule has 53 heavy (non-hydrogen) atoms. The first kappa shape index (κ1) is 41.7. The van der Waals surface area contributed by atoms with Gasteiger partial charge in [-0.05, 0) is 81.2 Å². The Morgan fingerprint density at radius 3 is 1.58 bits per heavy atom. The first-order valence-electron chi connectivity index (χ1n) is 16.2. The van der Waals surface area contributed by atoms with E-state index in [1.165, 1.54) is 18.5 Å². The number of hydroxylamine groups is 3. The molecule has 2 heterocycles. The lowest BCUT2D eigenvalue weighted by atomic mass is 10.3. The van der Waals surface area contributed by atoms with E-state index in [2.05, 4.69) is 36.1 Å². The third kappa shape index (κ3) is 16.0. The number of carbonyl (C=O) groups excluding carboxylic acids is 2. The van der Waals surface area contributed by atoms with Gasteiger partial charge in [-0.3, -0.25) is 10.6 Å². The minimum absolute atomic E-state index is 0.298. The molecule has 0 aliphatic heterocycles. The Balaban J connectivity index is 0.000000286. The van der Waals surface area contributed by atoms with Gasteiger partial charge in [0.15, 0.2) is 0 Å². The molecule has 2 aromatic carbocycles. The monoisotopic (exact) mass is 762 g/mol. The van der Waals surface area contributed by atoms with Crippen LogP contribution in [0.4, 0.5) is 32.6 Å². The van der Waals surface area contributed by atoms with Crippen molar-refractivity contribution in [3.63, 3.8) is 0 Å². The van der Waals surface area contributed by atoms with E-state index in [1.54, 1.807) is 68.7 Å². The van der Waals surface area contributed by atoms with Gasteiger partial charge in [0.2, 0.25) is 0 Å². The summed E-state index contributed by atoms with van der Waals surface area (Å²) in [6.45, 7) is 2.18. The maximum atomic E-state index is 12.2. The molecule has 4 rings (SSSR count). The molecule has 4 amide bonds. The van der Waals surface area contributed by atoms with Crippen molar-refractivity contribution in [2.75, 3.05) is 75.8 Å². The van der Waals surface area contributed by atoms with E-state index in [1.807, 2.05) is 26.2 Å². The summed E-state index contributed by atoms with van der Waals surface area (Å²) >= 11 is 12.0. The molecule has 2 aromatic heterocycles. The summed E-state index contributed by atoms with van der Waals surface area (Å²) in [4.78, 5) is 34.4. The highest BCUT2D eigenvalue weighted by Gasteiger charge is 2.12. The number of amides is 4. The fourth-order valence-electron chi connectivity index (χ4n) is 4.25. The second-order valence-corrected chi connectivity index (χ2v) is 12.9. The van der Waals surface area contributed by atoms with Crippen molar-refractivity contribution in [1.29, 1.82) is 10.5 Å². The molecule has 15 nitrogen and oxygen atoms in total. The average Bonchev–Trinajstić information content (AvgIpc) is 3.10. The number of pyridine rings is 2. The maximum Gasteiger partial charge on any atom is 0.324 e. The Morgan fingerprint density at radius 2 is 1.21 bits per heavy atom. The molecule has 17 heteroatoms. The normalized spacial score (nSPS) is 10.5. The van der Waals surface area contributed by atoms with Gasteiger partial charge in [0.05, 0.1) is 56.4 Å². The number of rotatable bonds is 14. The summed E-state index contributed by atoms with van der Waals surface area (Å²) in [6.07, 6.45) is 4.17. The highest BCUT2D eigenvalue weighted by Crippen LogP contribution is 2.29. The zero-order valence-electron chi connectivity index (χ0n) is 29.7. The number of nitrogens with zero attached hydrogens (tertiary/aromatic N) is 6. The molecule has 4 N–H and O–H groups in total. The Morgan fingerprint density at radius 1 is 0.755 bits per heavy atom. The van der Waals surface area contributed by atoms with Crippen LogP contribution in [0.3, 0.4) is 0 Å². The van der Waals surface area contributed by atoms with Gasteiger partial charge in [-0.15, -0.1) is 0 Å². The van der Waals surface area contributed by atoms with Crippen LogP contribution in [0.25, 0.3) is 0 Å². The summed E-state index contributed by atoms with van der Waals surface area (Å²) in [5.74, 6) is 1.61. The summed E-state index contributed by atoms with van der Waals surface area (Å²) in [6, 6.07) is 19.0. The standard InChI is InChI=1S/C18H20ClN5O3.C18H20ClN5O2/c1-24(2,26)8-3-9-27-16-6-5-14(19)10-15(16)22-18(25)23-17-7-4-13(11-20)12-21-17;1-24(2)8-3-9-26-16-6-5-14(19)10-15(16)22-18(25)23-17-7-4-13(11-20)12-21-17/h4-7,10,12H,3,8-9H2,1-2H3,(H2,21,22,23,25);4-7,10,12H,3,8-9H2,1-2H3,(H2,21,22,23,25). The number of carbonyl (C=O) groups is 2. The van der Waals surface area contributed by atoms with Gasteiger partial charge in [-0.2, -0.15) is 10.5 Å². The molecule has 0 saturated carbocycles. The minimum atomic E-state index is -0.531. The number of quaternary nitrogens is 1. The van der Waals surface area contributed by atoms with Crippen molar-refractivity contribution in [1.82, 2.24) is 14.9 Å².